The van der Waals surface area contributed by atoms with E-state index in [2.05, 4.69) is 59.0 Å². The normalized spacial score (nSPS) is 26.2. The van der Waals surface area contributed by atoms with Crippen LogP contribution in [0.4, 0.5) is 0 Å². The van der Waals surface area contributed by atoms with E-state index in [-0.39, 0.29) is 41.3 Å². The lowest BCUT2D eigenvalue weighted by Crippen LogP contribution is -2.45. The molecular formula is C34H55NO4. The average Bonchev–Trinajstić information content (AvgIpc) is 2.87. The number of ether oxygens (including phenoxy) is 1. The molecule has 2 aliphatic rings. The summed E-state index contributed by atoms with van der Waals surface area (Å²) in [7, 11) is 0. The molecule has 3 rings (SSSR count). The fraction of sp³-hybridized carbons (Fsp3) is 0.735. The van der Waals surface area contributed by atoms with E-state index in [0.29, 0.717) is 36.7 Å². The maximum Gasteiger partial charge on any atom is 0.306 e. The van der Waals surface area contributed by atoms with Gasteiger partial charge < -0.3 is 10.1 Å². The van der Waals surface area contributed by atoms with Gasteiger partial charge in [-0.1, -0.05) is 84.7 Å². The summed E-state index contributed by atoms with van der Waals surface area (Å²) in [4.78, 5) is 36.2. The first-order valence-corrected chi connectivity index (χ1v) is 15.5. The van der Waals surface area contributed by atoms with E-state index in [1.54, 1.807) is 6.92 Å². The molecule has 0 spiro atoms. The van der Waals surface area contributed by atoms with Crippen molar-refractivity contribution in [3.8, 4) is 0 Å². The largest absolute Gasteiger partial charge is 0.466 e. The van der Waals surface area contributed by atoms with Crippen molar-refractivity contribution in [2.45, 2.75) is 106 Å². The molecule has 2 aliphatic carbocycles. The summed E-state index contributed by atoms with van der Waals surface area (Å²) in [6.45, 7) is 16.2. The second kappa shape index (κ2) is 16.2. The number of esters is 1. The second-order valence-corrected chi connectivity index (χ2v) is 13.1. The number of hydrogen-bond donors (Lipinski definition) is 1. The van der Waals surface area contributed by atoms with E-state index in [0.717, 1.165) is 32.2 Å². The van der Waals surface area contributed by atoms with Crippen LogP contribution in [-0.2, 0) is 25.5 Å². The van der Waals surface area contributed by atoms with Crippen molar-refractivity contribution in [1.29, 1.82) is 0 Å². The molecule has 1 N–H and O–H groups in total. The third kappa shape index (κ3) is 10.7. The van der Waals surface area contributed by atoms with Crippen LogP contribution in [-0.4, -0.2) is 30.8 Å². The first-order valence-electron chi connectivity index (χ1n) is 15.5. The fourth-order valence-corrected chi connectivity index (χ4v) is 6.89. The molecule has 0 aromatic heterocycles. The van der Waals surface area contributed by atoms with Gasteiger partial charge in [-0.25, -0.2) is 0 Å². The Morgan fingerprint density at radius 2 is 1.72 bits per heavy atom. The van der Waals surface area contributed by atoms with E-state index in [4.69, 9.17) is 4.74 Å². The molecule has 5 nitrogen and oxygen atoms in total. The highest BCUT2D eigenvalue weighted by atomic mass is 16.5. The lowest BCUT2D eigenvalue weighted by molar-refractivity contribution is -0.145. The van der Waals surface area contributed by atoms with Crippen LogP contribution in [0.5, 0.6) is 0 Å². The Morgan fingerprint density at radius 3 is 2.33 bits per heavy atom. The van der Waals surface area contributed by atoms with Gasteiger partial charge in [0.25, 0.3) is 0 Å². The maximum absolute atomic E-state index is 12.5. The highest BCUT2D eigenvalue weighted by Gasteiger charge is 2.41. The quantitative estimate of drug-likeness (QED) is 0.313. The Morgan fingerprint density at radius 1 is 1.03 bits per heavy atom. The summed E-state index contributed by atoms with van der Waals surface area (Å²) in [5.74, 6) is 2.74. The van der Waals surface area contributed by atoms with Crippen molar-refractivity contribution in [2.24, 2.45) is 40.9 Å². The highest BCUT2D eigenvalue weighted by Crippen LogP contribution is 2.44. The van der Waals surface area contributed by atoms with E-state index >= 15 is 0 Å². The van der Waals surface area contributed by atoms with Crippen LogP contribution >= 0.6 is 0 Å². The predicted octanol–water partition coefficient (Wildman–Crippen LogP) is 7.41. The van der Waals surface area contributed by atoms with Crippen LogP contribution in [0.2, 0.25) is 0 Å². The molecule has 0 bridgehead atoms. The minimum Gasteiger partial charge on any atom is -0.466 e. The summed E-state index contributed by atoms with van der Waals surface area (Å²) in [5.41, 5.74) is 1.41. The molecule has 2 unspecified atom stereocenters. The molecule has 1 aromatic carbocycles. The molecule has 0 heterocycles. The number of carbonyl (C=O) groups is 3. The predicted molar refractivity (Wildman–Crippen MR) is 159 cm³/mol. The van der Waals surface area contributed by atoms with Gasteiger partial charge in [-0.2, -0.15) is 0 Å². The third-order valence-corrected chi connectivity index (χ3v) is 9.05. The number of carbonyl (C=O) groups excluding carboxylic acids is 3. The summed E-state index contributed by atoms with van der Waals surface area (Å²) >= 11 is 0. The fourth-order valence-electron chi connectivity index (χ4n) is 6.89. The van der Waals surface area contributed by atoms with Gasteiger partial charge in [-0.05, 0) is 73.7 Å². The summed E-state index contributed by atoms with van der Waals surface area (Å²) < 4.78 is 4.88. The van der Waals surface area contributed by atoms with Crippen LogP contribution in [0, 0.1) is 40.9 Å². The lowest BCUT2D eigenvalue weighted by atomic mass is 9.64. The zero-order valence-corrected chi connectivity index (χ0v) is 25.8. The number of nitrogens with one attached hydrogen (secondary N) is 1. The molecule has 2 fully saturated rings. The van der Waals surface area contributed by atoms with E-state index in [1.807, 2.05) is 18.2 Å². The molecule has 2 saturated carbocycles. The number of rotatable bonds is 10. The minimum atomic E-state index is -0.249. The number of hydrogen-bond acceptors (Lipinski definition) is 4. The Balaban J connectivity index is 0.000000274. The number of Topliss-reactive ketones (excluding diaryl/α,β-unsaturated/α-hetero) is 1. The van der Waals surface area contributed by atoms with Crippen molar-refractivity contribution in [2.75, 3.05) is 13.2 Å². The van der Waals surface area contributed by atoms with Gasteiger partial charge in [0, 0.05) is 24.8 Å². The van der Waals surface area contributed by atoms with Crippen molar-refractivity contribution in [3.05, 3.63) is 35.9 Å². The van der Waals surface area contributed by atoms with Crippen LogP contribution < -0.4 is 5.32 Å². The van der Waals surface area contributed by atoms with Crippen LogP contribution in [0.3, 0.4) is 0 Å². The third-order valence-electron chi connectivity index (χ3n) is 9.05. The molecule has 0 aliphatic heterocycles. The molecule has 0 radical (unpaired) electrons. The summed E-state index contributed by atoms with van der Waals surface area (Å²) in [6, 6.07) is 10.3. The maximum atomic E-state index is 12.5. The smallest absolute Gasteiger partial charge is 0.306 e. The first-order chi connectivity index (χ1) is 18.5. The van der Waals surface area contributed by atoms with Gasteiger partial charge in [0.15, 0.2) is 0 Å². The lowest BCUT2D eigenvalue weighted by Gasteiger charge is -2.41. The van der Waals surface area contributed by atoms with E-state index in [1.165, 1.54) is 24.8 Å². The molecule has 5 heteroatoms. The zero-order valence-electron chi connectivity index (χ0n) is 25.8. The Bertz CT molecular complexity index is 894. The number of benzene rings is 1. The van der Waals surface area contributed by atoms with Crippen LogP contribution in [0.1, 0.15) is 105 Å². The van der Waals surface area contributed by atoms with Gasteiger partial charge in [0.1, 0.15) is 5.78 Å². The van der Waals surface area contributed by atoms with Crippen LogP contribution in [0.15, 0.2) is 30.3 Å². The molecular weight excluding hydrogens is 486 g/mol. The second-order valence-electron chi connectivity index (χ2n) is 13.1. The molecule has 1 amide bonds. The summed E-state index contributed by atoms with van der Waals surface area (Å²) in [5, 5.41) is 3.15. The first kappa shape index (κ1) is 33.0. The molecule has 220 valence electrons. The van der Waals surface area contributed by atoms with Gasteiger partial charge in [-0.15, -0.1) is 0 Å². The zero-order chi connectivity index (χ0) is 29.0. The van der Waals surface area contributed by atoms with Crippen molar-refractivity contribution < 1.29 is 19.1 Å². The molecule has 5 atom stereocenters. The number of ketones is 1. The van der Waals surface area contributed by atoms with E-state index < -0.39 is 0 Å². The van der Waals surface area contributed by atoms with Crippen molar-refractivity contribution in [3.63, 3.8) is 0 Å². The summed E-state index contributed by atoms with van der Waals surface area (Å²) in [6.07, 6.45) is 8.45. The van der Waals surface area contributed by atoms with Crippen molar-refractivity contribution >= 4 is 17.7 Å². The highest BCUT2D eigenvalue weighted by molar-refractivity contribution is 5.85. The van der Waals surface area contributed by atoms with Gasteiger partial charge in [-0.3, -0.25) is 14.4 Å². The van der Waals surface area contributed by atoms with Gasteiger partial charge in [0.2, 0.25) is 5.91 Å². The average molecular weight is 542 g/mol. The SMILES string of the molecule is CCOC(=O)CCC(=O)C1C[C@H](C)CC[C@H]1C(C)C.C[C@H]1CCCC(C)(C)C1C(=O)NCCc1ccccc1. The molecule has 1 aromatic rings. The Kier molecular flexibility index (Phi) is 13.7. The Labute approximate surface area is 238 Å². The minimum absolute atomic E-state index is 0.133. The van der Waals surface area contributed by atoms with Gasteiger partial charge in [0.05, 0.1) is 13.0 Å². The van der Waals surface area contributed by atoms with Crippen molar-refractivity contribution in [1.82, 2.24) is 5.32 Å². The monoisotopic (exact) mass is 541 g/mol. The topological polar surface area (TPSA) is 72.5 Å². The van der Waals surface area contributed by atoms with Crippen LogP contribution in [0.25, 0.3) is 0 Å². The molecule has 39 heavy (non-hydrogen) atoms. The number of amides is 1. The van der Waals surface area contributed by atoms with Gasteiger partial charge >= 0.3 is 5.97 Å². The molecule has 0 saturated heterocycles. The standard InChI is InChI=1S/C18H27NO.C16H28O3/c1-14-8-7-12-18(2,3)16(14)17(20)19-13-11-15-9-5-4-6-10-15;1-5-19-16(18)9-8-15(17)14-10-12(4)6-7-13(14)11(2)3/h4-6,9-10,14,16H,7-8,11-13H2,1-3H3,(H,19,20);11-14H,5-10H2,1-4H3/t14-,16?;12-,13+,14?/m01/s1. The Hall–Kier alpha value is -2.17. The van der Waals surface area contributed by atoms with E-state index in [9.17, 15) is 14.4 Å².